The molecular formula is C35H38N2O. The second kappa shape index (κ2) is 11.8. The first-order chi connectivity index (χ1) is 32.1. The Morgan fingerprint density at radius 2 is 1.55 bits per heavy atom. The summed E-state index contributed by atoms with van der Waals surface area (Å²) in [6, 6.07) is -26.1. The lowest BCUT2D eigenvalue weighted by Crippen LogP contribution is -2.55. The lowest BCUT2D eigenvalue weighted by molar-refractivity contribution is 0.0352. The predicted molar refractivity (Wildman–Crippen MR) is 156 cm³/mol. The number of hydrogen-bond donors (Lipinski definition) is 1. The lowest BCUT2D eigenvalue weighted by Gasteiger charge is -2.47. The summed E-state index contributed by atoms with van der Waals surface area (Å²) in [5.74, 6) is -2.60. The van der Waals surface area contributed by atoms with Crippen molar-refractivity contribution in [3.63, 3.8) is 0 Å². The summed E-state index contributed by atoms with van der Waals surface area (Å²) in [6.45, 7) is -17.3. The third-order valence-electron chi connectivity index (χ3n) is 4.94. The van der Waals surface area contributed by atoms with E-state index in [1.807, 2.05) is 0 Å². The molecule has 1 aliphatic carbocycles. The van der Waals surface area contributed by atoms with Gasteiger partial charge in [0.2, 0.25) is 0 Å². The predicted octanol–water partition coefficient (Wildman–Crippen LogP) is 7.79. The van der Waals surface area contributed by atoms with Crippen LogP contribution < -0.4 is 5.32 Å². The number of benzene rings is 4. The summed E-state index contributed by atoms with van der Waals surface area (Å²) >= 11 is 0. The van der Waals surface area contributed by atoms with E-state index < -0.39 is 199 Å². The maximum atomic E-state index is 15.4. The molecule has 1 atom stereocenters. The van der Waals surface area contributed by atoms with Crippen molar-refractivity contribution >= 4 is 5.91 Å². The molecule has 1 aliphatic rings. The Balaban J connectivity index is 2.34. The molecule has 1 N–H and O–H groups in total. The summed E-state index contributed by atoms with van der Waals surface area (Å²) in [5.41, 5.74) is -16.3. The zero-order chi connectivity index (χ0) is 56.1. The van der Waals surface area contributed by atoms with Crippen molar-refractivity contribution < 1.29 is 51.4 Å². The first kappa shape index (κ1) is 7.28. The van der Waals surface area contributed by atoms with Crippen LogP contribution in [0.3, 0.4) is 0 Å². The molecule has 0 spiro atoms. The second-order valence-corrected chi connectivity index (χ2v) is 7.31. The molecule has 0 radical (unpaired) electrons. The number of carbonyl (C=O) groups is 1. The van der Waals surface area contributed by atoms with Gasteiger partial charge in [0.05, 0.1) is 28.0 Å². The highest BCUT2D eigenvalue weighted by Gasteiger charge is 2.47. The topological polar surface area (TPSA) is 32.3 Å². The fraction of sp³-hybridized carbons (Fsp3) is 0.286. The van der Waals surface area contributed by atoms with Crippen LogP contribution in [0.15, 0.2) is 109 Å². The van der Waals surface area contributed by atoms with Gasteiger partial charge in [0.25, 0.3) is 5.91 Å². The highest BCUT2D eigenvalue weighted by atomic mass is 16.1. The van der Waals surface area contributed by atoms with Gasteiger partial charge in [-0.2, -0.15) is 0 Å². The molecule has 0 aliphatic heterocycles. The highest BCUT2D eigenvalue weighted by Crippen LogP contribution is 2.46. The van der Waals surface area contributed by atoms with Gasteiger partial charge in [0.15, 0.2) is 0 Å². The van der Waals surface area contributed by atoms with Gasteiger partial charge in [0, 0.05) is 48.8 Å². The van der Waals surface area contributed by atoms with Crippen molar-refractivity contribution in [1.29, 1.82) is 0 Å². The Bertz CT molecular complexity index is 2810. The number of hydrogen-bond acceptors (Lipinski definition) is 2. The Hall–Kier alpha value is -3.69. The monoisotopic (exact) mass is 537 g/mol. The molecule has 4 aromatic carbocycles. The van der Waals surface area contributed by atoms with E-state index >= 15 is 4.79 Å². The molecule has 0 saturated heterocycles. The van der Waals surface area contributed by atoms with Gasteiger partial charge >= 0.3 is 0 Å². The van der Waals surface area contributed by atoms with Crippen LogP contribution in [-0.2, 0) is 13.0 Å². The van der Waals surface area contributed by atoms with E-state index in [2.05, 4.69) is 0 Å². The van der Waals surface area contributed by atoms with Gasteiger partial charge < -0.3 is 5.32 Å². The highest BCUT2D eigenvalue weighted by molar-refractivity contribution is 5.97. The van der Waals surface area contributed by atoms with Crippen LogP contribution in [-0.4, -0.2) is 16.3 Å². The second-order valence-electron chi connectivity index (χ2n) is 7.31. The van der Waals surface area contributed by atoms with E-state index in [4.69, 9.17) is 34.3 Å². The van der Waals surface area contributed by atoms with Crippen LogP contribution in [0.25, 0.3) is 0 Å². The fourth-order valence-corrected chi connectivity index (χ4v) is 3.29. The smallest absolute Gasteiger partial charge is 0.252 e. The minimum atomic E-state index is -5.41. The molecule has 1 unspecified atom stereocenters. The van der Waals surface area contributed by atoms with Crippen LogP contribution in [0.1, 0.15) is 116 Å². The SMILES string of the molecule is [2H]c1cccc(C([2H])([2H])N(C([2H])([2H])c2c([2H])c([2H])c([2H])c([2H])c2[2H])C2(C([2H])(NC(=O)c3c(C([2H])([2H])[2H])c([2H])c([2H])c([2H])c3C([2H])([2H])[2H])c3c([2H])c([2H])c([2H])c([2H])c3[2H])C([2H])([2H])C([2H])([2H])C([2H])([2H])C2([2H])[2H])c1[2H]. The van der Waals surface area contributed by atoms with E-state index in [1.165, 1.54) is 5.32 Å². The lowest BCUT2D eigenvalue weighted by atomic mass is 9.80. The Kier molecular flexibility index (Phi) is 2.26. The number of carbonyl (C=O) groups excluding carboxylic acids is 1. The zero-order valence-corrected chi connectivity index (χ0v) is 19.1. The van der Waals surface area contributed by atoms with E-state index in [1.54, 1.807) is 0 Å². The largest absolute Gasteiger partial charge is 0.343 e. The zero-order valence-electron chi connectivity index (χ0n) is 53.1. The summed E-state index contributed by atoms with van der Waals surface area (Å²) in [7, 11) is 0. The van der Waals surface area contributed by atoms with Crippen molar-refractivity contribution in [2.75, 3.05) is 0 Å². The van der Waals surface area contributed by atoms with Crippen molar-refractivity contribution in [1.82, 2.24) is 10.2 Å². The third-order valence-corrected chi connectivity index (χ3v) is 4.94. The normalized spacial score (nSPS) is 35.8. The van der Waals surface area contributed by atoms with E-state index in [-0.39, 0.29) is 0 Å². The third kappa shape index (κ3) is 5.58. The molecule has 3 nitrogen and oxygen atoms in total. The minimum Gasteiger partial charge on any atom is -0.343 e. The molecule has 38 heavy (non-hydrogen) atoms. The quantitative estimate of drug-likeness (QED) is 0.237. The Labute approximate surface area is 275 Å². The van der Waals surface area contributed by atoms with Gasteiger partial charge in [-0.1, -0.05) is 122 Å². The number of amides is 1. The number of nitrogens with zero attached hydrogens (tertiary/aromatic N) is 1. The van der Waals surface area contributed by atoms with Gasteiger partial charge in [0.1, 0.15) is 0 Å². The van der Waals surface area contributed by atoms with Gasteiger partial charge in [-0.05, 0) is 54.3 Å². The van der Waals surface area contributed by atoms with E-state index in [9.17, 15) is 12.3 Å². The van der Waals surface area contributed by atoms with E-state index in [0.717, 1.165) is 12.1 Å². The van der Waals surface area contributed by atoms with Gasteiger partial charge in [-0.25, -0.2) is 0 Å². The van der Waals surface area contributed by atoms with Crippen molar-refractivity contribution in [3.8, 4) is 0 Å². The molecule has 4 aromatic rings. The Morgan fingerprint density at radius 3 is 2.24 bits per heavy atom. The summed E-state index contributed by atoms with van der Waals surface area (Å²) < 4.78 is 303. The Morgan fingerprint density at radius 1 is 0.921 bits per heavy atom. The van der Waals surface area contributed by atoms with Crippen LogP contribution in [0.2, 0.25) is 0 Å². The summed E-state index contributed by atoms with van der Waals surface area (Å²) in [6.07, 6.45) is -19.8. The first-order valence-corrected chi connectivity index (χ1v) is 10.6. The molecule has 5 rings (SSSR count). The molecule has 0 bridgehead atoms. The van der Waals surface area contributed by atoms with Crippen LogP contribution in [0, 0.1) is 13.7 Å². The molecule has 1 saturated carbocycles. The van der Waals surface area contributed by atoms with Gasteiger partial charge in [-0.15, -0.1) is 0 Å². The number of nitrogens with one attached hydrogen (secondary N) is 1. The van der Waals surface area contributed by atoms with Crippen molar-refractivity contribution in [3.05, 3.63) is 142 Å². The molecule has 1 fully saturated rings. The summed E-state index contributed by atoms with van der Waals surface area (Å²) in [4.78, 5) is 14.4. The van der Waals surface area contributed by atoms with Crippen molar-refractivity contribution in [2.45, 2.75) is 63.7 Å². The van der Waals surface area contributed by atoms with Gasteiger partial charge in [-0.3, -0.25) is 9.69 Å². The molecule has 0 aromatic heterocycles. The average Bonchev–Trinajstić information content (AvgIpc) is 3.29. The summed E-state index contributed by atoms with van der Waals surface area (Å²) in [5, 5.41) is 1.43. The first-order valence-electron chi connectivity index (χ1n) is 27.6. The maximum absolute atomic E-state index is 15.4. The minimum absolute atomic E-state index is 0.524. The van der Waals surface area contributed by atoms with E-state index in [0.29, 0.717) is 6.07 Å². The molecule has 1 amide bonds. The average molecular weight is 537 g/mol. The molecule has 3 heteroatoms. The number of rotatable bonds is 9. The molecule has 194 valence electrons. The maximum Gasteiger partial charge on any atom is 0.252 e. The molecular weight excluding hydrogens is 464 g/mol. The standard InChI is InChI=1S/C35H38N2O/c1-27-15-14-16-28(2)32(27)34(38)36-33(31-21-10-5-11-22-31)35(23-12-13-24-35)37(25-29-17-6-3-7-18-29)26-30-19-8-4-9-20-30/h3-11,14-22,33H,12-13,23-26H2,1-2H3,(H,36,38)/i1D3,2D3,3D,5D,6D,7D,8D,10D,11D,12D2,13D2,14D,15D,16D,17D,18D,19D,21D,22D,23D2,24D2,25D2,26D2,33D. The molecule has 0 heterocycles. The van der Waals surface area contributed by atoms with Crippen LogP contribution >= 0.6 is 0 Å². The van der Waals surface area contributed by atoms with Crippen LogP contribution in [0.4, 0.5) is 0 Å². The van der Waals surface area contributed by atoms with Crippen molar-refractivity contribution in [2.24, 2.45) is 0 Å². The van der Waals surface area contributed by atoms with Crippen LogP contribution in [0.5, 0.6) is 0 Å². The fourth-order valence-electron chi connectivity index (χ4n) is 3.29.